The molecule has 1 saturated heterocycles. The van der Waals surface area contributed by atoms with Crippen LogP contribution in [-0.4, -0.2) is 37.2 Å². The summed E-state index contributed by atoms with van der Waals surface area (Å²) in [6, 6.07) is 14.6. The van der Waals surface area contributed by atoms with Gasteiger partial charge >= 0.3 is 0 Å². The Morgan fingerprint density at radius 1 is 1.11 bits per heavy atom. The minimum atomic E-state index is 0.0742. The van der Waals surface area contributed by atoms with Gasteiger partial charge in [-0.15, -0.1) is 0 Å². The van der Waals surface area contributed by atoms with Gasteiger partial charge in [0.15, 0.2) is 5.96 Å². The third-order valence-electron chi connectivity index (χ3n) is 5.23. The van der Waals surface area contributed by atoms with Crippen LogP contribution in [0.15, 0.2) is 53.7 Å². The molecule has 2 heterocycles. The summed E-state index contributed by atoms with van der Waals surface area (Å²) in [6.07, 6.45) is 3.84. The highest BCUT2D eigenvalue weighted by molar-refractivity contribution is 5.79. The number of hydrogen-bond acceptors (Lipinski definition) is 3. The van der Waals surface area contributed by atoms with E-state index < -0.39 is 0 Å². The van der Waals surface area contributed by atoms with Crippen LogP contribution in [0.5, 0.6) is 0 Å². The first-order valence-corrected chi connectivity index (χ1v) is 9.79. The summed E-state index contributed by atoms with van der Waals surface area (Å²) >= 11 is 0. The third-order valence-corrected chi connectivity index (χ3v) is 5.23. The molecule has 0 amide bonds. The molecule has 1 fully saturated rings. The molecule has 5 nitrogen and oxygen atoms in total. The van der Waals surface area contributed by atoms with E-state index in [0.717, 1.165) is 50.8 Å². The lowest BCUT2D eigenvalue weighted by Gasteiger charge is -2.39. The molecule has 1 aromatic carbocycles. The Bertz CT molecular complexity index is 739. The zero-order valence-corrected chi connectivity index (χ0v) is 16.4. The first-order valence-electron chi connectivity index (χ1n) is 9.79. The molecule has 0 aliphatic carbocycles. The topological polar surface area (TPSA) is 58.5 Å². The van der Waals surface area contributed by atoms with Crippen molar-refractivity contribution in [2.24, 2.45) is 4.99 Å². The Balaban J connectivity index is 1.75. The Kier molecular flexibility index (Phi) is 6.82. The van der Waals surface area contributed by atoms with Gasteiger partial charge < -0.3 is 15.4 Å². The number of nitrogens with zero attached hydrogens (tertiary/aromatic N) is 2. The predicted octanol–water partition coefficient (Wildman–Crippen LogP) is 3.19. The molecule has 3 rings (SSSR count). The molecule has 0 unspecified atom stereocenters. The van der Waals surface area contributed by atoms with E-state index >= 15 is 0 Å². The lowest BCUT2D eigenvalue weighted by atomic mass is 9.72. The zero-order chi connectivity index (χ0) is 19.0. The summed E-state index contributed by atoms with van der Waals surface area (Å²) in [5, 5.41) is 6.94. The monoisotopic (exact) mass is 366 g/mol. The number of aromatic nitrogens is 1. The molecule has 144 valence electrons. The highest BCUT2D eigenvalue weighted by Crippen LogP contribution is 2.36. The maximum absolute atomic E-state index is 5.66. The number of aryl methyl sites for hydroxylation is 1. The molecule has 1 aromatic heterocycles. The average Bonchev–Trinajstić information content (AvgIpc) is 2.72. The summed E-state index contributed by atoms with van der Waals surface area (Å²) in [6.45, 7) is 8.13. The van der Waals surface area contributed by atoms with E-state index in [-0.39, 0.29) is 5.41 Å². The number of aliphatic imine (C=N–C) groups is 1. The largest absolute Gasteiger partial charge is 0.381 e. The molecule has 2 aromatic rings. The van der Waals surface area contributed by atoms with Crippen molar-refractivity contribution in [3.05, 3.63) is 65.5 Å². The summed E-state index contributed by atoms with van der Waals surface area (Å²) in [5.74, 6) is 0.836. The second-order valence-corrected chi connectivity index (χ2v) is 7.08. The van der Waals surface area contributed by atoms with E-state index in [0.29, 0.717) is 6.54 Å². The van der Waals surface area contributed by atoms with Gasteiger partial charge in [0.1, 0.15) is 0 Å². The van der Waals surface area contributed by atoms with E-state index in [2.05, 4.69) is 53.7 Å². The molecular weight excluding hydrogens is 336 g/mol. The van der Waals surface area contributed by atoms with Crippen molar-refractivity contribution >= 4 is 5.96 Å². The highest BCUT2D eigenvalue weighted by Gasteiger charge is 2.35. The van der Waals surface area contributed by atoms with E-state index in [9.17, 15) is 0 Å². The SMILES string of the molecule is CCNC(=NCc1ccccn1)NCC1(c2ccccc2C)CCOCC1. The van der Waals surface area contributed by atoms with Crippen LogP contribution in [0.4, 0.5) is 0 Å². The van der Waals surface area contributed by atoms with E-state index in [4.69, 9.17) is 9.73 Å². The van der Waals surface area contributed by atoms with Crippen molar-refractivity contribution in [3.63, 3.8) is 0 Å². The Morgan fingerprint density at radius 3 is 2.59 bits per heavy atom. The molecule has 5 heteroatoms. The second-order valence-electron chi connectivity index (χ2n) is 7.08. The zero-order valence-electron chi connectivity index (χ0n) is 16.4. The molecule has 1 aliphatic heterocycles. The van der Waals surface area contributed by atoms with Gasteiger partial charge in [-0.1, -0.05) is 30.3 Å². The number of pyridine rings is 1. The fourth-order valence-electron chi connectivity index (χ4n) is 3.72. The lowest BCUT2D eigenvalue weighted by molar-refractivity contribution is 0.0512. The number of rotatable bonds is 6. The van der Waals surface area contributed by atoms with Gasteiger partial charge in [0.2, 0.25) is 0 Å². The van der Waals surface area contributed by atoms with Gasteiger partial charge in [0.05, 0.1) is 12.2 Å². The molecular formula is C22H30N4O. The smallest absolute Gasteiger partial charge is 0.191 e. The molecule has 2 N–H and O–H groups in total. The van der Waals surface area contributed by atoms with Crippen LogP contribution in [0.3, 0.4) is 0 Å². The third kappa shape index (κ3) is 5.07. The van der Waals surface area contributed by atoms with Crippen LogP contribution in [0.1, 0.15) is 36.6 Å². The molecule has 1 aliphatic rings. The van der Waals surface area contributed by atoms with Gasteiger partial charge in [0, 0.05) is 37.9 Å². The molecule has 0 saturated carbocycles. The van der Waals surface area contributed by atoms with Crippen molar-refractivity contribution in [2.45, 2.75) is 38.6 Å². The van der Waals surface area contributed by atoms with Crippen molar-refractivity contribution in [2.75, 3.05) is 26.3 Å². The number of nitrogens with one attached hydrogen (secondary N) is 2. The lowest BCUT2D eigenvalue weighted by Crippen LogP contribution is -2.48. The summed E-state index contributed by atoms with van der Waals surface area (Å²) in [4.78, 5) is 9.07. The Hall–Kier alpha value is -2.40. The number of ether oxygens (including phenoxy) is 1. The van der Waals surface area contributed by atoms with Gasteiger partial charge in [0.25, 0.3) is 0 Å². The van der Waals surface area contributed by atoms with E-state index in [1.165, 1.54) is 11.1 Å². The first-order chi connectivity index (χ1) is 13.2. The van der Waals surface area contributed by atoms with Crippen molar-refractivity contribution < 1.29 is 4.74 Å². The number of benzene rings is 1. The van der Waals surface area contributed by atoms with Crippen LogP contribution in [0.2, 0.25) is 0 Å². The summed E-state index contributed by atoms with van der Waals surface area (Å²) in [7, 11) is 0. The molecule has 0 atom stereocenters. The van der Waals surface area contributed by atoms with Crippen LogP contribution in [0, 0.1) is 6.92 Å². The standard InChI is InChI=1S/C22H30N4O/c1-3-23-21(25-16-19-9-6-7-13-24-19)26-17-22(11-14-27-15-12-22)20-10-5-4-8-18(20)2/h4-10,13H,3,11-12,14-17H2,1-2H3,(H2,23,25,26). The van der Waals surface area contributed by atoms with E-state index in [1.54, 1.807) is 6.20 Å². The first kappa shape index (κ1) is 19.4. The Labute approximate surface area is 162 Å². The summed E-state index contributed by atoms with van der Waals surface area (Å²) < 4.78 is 5.66. The number of guanidine groups is 1. The Morgan fingerprint density at radius 2 is 1.89 bits per heavy atom. The van der Waals surface area contributed by atoms with Gasteiger partial charge in [-0.2, -0.15) is 0 Å². The molecule has 0 bridgehead atoms. The predicted molar refractivity (Wildman–Crippen MR) is 110 cm³/mol. The van der Waals surface area contributed by atoms with Crippen molar-refractivity contribution in [1.82, 2.24) is 15.6 Å². The molecule has 0 radical (unpaired) electrons. The van der Waals surface area contributed by atoms with Crippen molar-refractivity contribution in [3.8, 4) is 0 Å². The fraction of sp³-hybridized carbons (Fsp3) is 0.455. The summed E-state index contributed by atoms with van der Waals surface area (Å²) in [5.41, 5.74) is 3.80. The van der Waals surface area contributed by atoms with Crippen LogP contribution >= 0.6 is 0 Å². The highest BCUT2D eigenvalue weighted by atomic mass is 16.5. The molecule has 0 spiro atoms. The van der Waals surface area contributed by atoms with E-state index in [1.807, 2.05) is 18.2 Å². The normalized spacial score (nSPS) is 16.7. The molecule has 27 heavy (non-hydrogen) atoms. The fourth-order valence-corrected chi connectivity index (χ4v) is 3.72. The van der Waals surface area contributed by atoms with Crippen LogP contribution in [-0.2, 0) is 16.7 Å². The quantitative estimate of drug-likeness (QED) is 0.609. The van der Waals surface area contributed by atoms with Crippen LogP contribution in [0.25, 0.3) is 0 Å². The van der Waals surface area contributed by atoms with Crippen LogP contribution < -0.4 is 10.6 Å². The number of hydrogen-bond donors (Lipinski definition) is 2. The minimum absolute atomic E-state index is 0.0742. The van der Waals surface area contributed by atoms with Gasteiger partial charge in [-0.05, 0) is 49.9 Å². The minimum Gasteiger partial charge on any atom is -0.381 e. The average molecular weight is 367 g/mol. The maximum Gasteiger partial charge on any atom is 0.191 e. The van der Waals surface area contributed by atoms with Crippen molar-refractivity contribution in [1.29, 1.82) is 0 Å². The van der Waals surface area contributed by atoms with Gasteiger partial charge in [-0.3, -0.25) is 4.98 Å². The second kappa shape index (κ2) is 9.51. The van der Waals surface area contributed by atoms with Gasteiger partial charge in [-0.25, -0.2) is 4.99 Å². The maximum atomic E-state index is 5.66.